The smallest absolute Gasteiger partial charge is 0.343 e. The molecule has 5 heteroatoms. The number of hydrogen-bond acceptors (Lipinski definition) is 4. The van der Waals surface area contributed by atoms with Crippen molar-refractivity contribution in [3.05, 3.63) is 69.0 Å². The van der Waals surface area contributed by atoms with Crippen molar-refractivity contribution in [3.8, 4) is 17.0 Å². The zero-order valence-corrected chi connectivity index (χ0v) is 17.7. The number of aromatic nitrogens is 1. The Kier molecular flexibility index (Phi) is 6.06. The van der Waals surface area contributed by atoms with Crippen molar-refractivity contribution in [2.75, 3.05) is 13.2 Å². The van der Waals surface area contributed by atoms with Crippen molar-refractivity contribution >= 4 is 11.5 Å². The van der Waals surface area contributed by atoms with Crippen LogP contribution in [-0.4, -0.2) is 23.6 Å². The van der Waals surface area contributed by atoms with Gasteiger partial charge in [0, 0.05) is 11.6 Å². The zero-order valence-electron chi connectivity index (χ0n) is 17.7. The van der Waals surface area contributed by atoms with Crippen LogP contribution in [0.1, 0.15) is 47.3 Å². The lowest BCUT2D eigenvalue weighted by Gasteiger charge is -2.18. The van der Waals surface area contributed by atoms with Crippen LogP contribution in [0.25, 0.3) is 16.8 Å². The minimum Gasteiger partial charge on any atom is -0.491 e. The number of rotatable bonds is 6. The number of carbonyl (C=O) groups is 1. The molecule has 0 saturated carbocycles. The fourth-order valence-corrected chi connectivity index (χ4v) is 3.77. The number of aryl methyl sites for hydroxylation is 3. The van der Waals surface area contributed by atoms with E-state index in [4.69, 9.17) is 9.47 Å². The van der Waals surface area contributed by atoms with Gasteiger partial charge in [0.05, 0.1) is 24.4 Å². The normalized spacial score (nSPS) is 10.9. The van der Waals surface area contributed by atoms with Crippen molar-refractivity contribution < 1.29 is 14.3 Å². The Morgan fingerprint density at radius 3 is 2.34 bits per heavy atom. The van der Waals surface area contributed by atoms with Crippen LogP contribution in [0.15, 0.2) is 41.2 Å². The second kappa shape index (κ2) is 8.52. The molecule has 0 amide bonds. The molecule has 0 fully saturated rings. The van der Waals surface area contributed by atoms with E-state index >= 15 is 0 Å². The monoisotopic (exact) mass is 393 g/mol. The first-order valence-electron chi connectivity index (χ1n) is 9.95. The standard InChI is InChI=1S/C24H27NO4/c1-6-11-29-21-14-18(24(27)28-7-2)23(26)25-19(21)9-8-10-20(25)22-16(4)12-15(3)13-17(22)5/h8-10,12-14H,6-7,11H2,1-5H3. The minimum absolute atomic E-state index is 0.0229. The largest absolute Gasteiger partial charge is 0.491 e. The van der Waals surface area contributed by atoms with E-state index in [1.165, 1.54) is 6.07 Å². The van der Waals surface area contributed by atoms with Gasteiger partial charge in [0.25, 0.3) is 5.56 Å². The Morgan fingerprint density at radius 2 is 1.72 bits per heavy atom. The second-order valence-corrected chi connectivity index (χ2v) is 7.20. The number of carbonyl (C=O) groups excluding carboxylic acids is 1. The number of fused-ring (bicyclic) bond motifs is 1. The molecule has 0 aliphatic rings. The van der Waals surface area contributed by atoms with Gasteiger partial charge in [0.1, 0.15) is 11.3 Å². The third-order valence-corrected chi connectivity index (χ3v) is 4.84. The van der Waals surface area contributed by atoms with Crippen molar-refractivity contribution in [2.24, 2.45) is 0 Å². The van der Waals surface area contributed by atoms with Gasteiger partial charge < -0.3 is 9.47 Å². The maximum atomic E-state index is 13.4. The van der Waals surface area contributed by atoms with E-state index in [0.29, 0.717) is 17.9 Å². The first-order valence-corrected chi connectivity index (χ1v) is 9.95. The van der Waals surface area contributed by atoms with Gasteiger partial charge in [-0.05, 0) is 57.4 Å². The molecule has 2 heterocycles. The van der Waals surface area contributed by atoms with Gasteiger partial charge >= 0.3 is 5.97 Å². The molecule has 5 nitrogen and oxygen atoms in total. The summed E-state index contributed by atoms with van der Waals surface area (Å²) in [6.45, 7) is 10.5. The van der Waals surface area contributed by atoms with Gasteiger partial charge in [-0.25, -0.2) is 4.79 Å². The first kappa shape index (κ1) is 20.6. The Hall–Kier alpha value is -3.08. The molecule has 152 valence electrons. The molecule has 0 atom stereocenters. The molecule has 3 aromatic rings. The van der Waals surface area contributed by atoms with Gasteiger partial charge in [-0.3, -0.25) is 9.20 Å². The van der Waals surface area contributed by atoms with Gasteiger partial charge in [-0.15, -0.1) is 0 Å². The van der Waals surface area contributed by atoms with Crippen LogP contribution in [0.2, 0.25) is 0 Å². The molecule has 0 aliphatic heterocycles. The molecule has 0 spiro atoms. The van der Waals surface area contributed by atoms with Crippen molar-refractivity contribution in [1.82, 2.24) is 4.40 Å². The summed E-state index contributed by atoms with van der Waals surface area (Å²) in [5.41, 5.74) is 5.21. The summed E-state index contributed by atoms with van der Waals surface area (Å²) in [5.74, 6) is -0.140. The average molecular weight is 393 g/mol. The van der Waals surface area contributed by atoms with Crippen molar-refractivity contribution in [1.29, 1.82) is 0 Å². The van der Waals surface area contributed by atoms with Crippen LogP contribution in [0.3, 0.4) is 0 Å². The zero-order chi connectivity index (χ0) is 21.1. The molecule has 0 bridgehead atoms. The van der Waals surface area contributed by atoms with E-state index in [9.17, 15) is 9.59 Å². The van der Waals surface area contributed by atoms with E-state index in [2.05, 4.69) is 19.1 Å². The van der Waals surface area contributed by atoms with Gasteiger partial charge in [0.15, 0.2) is 0 Å². The van der Waals surface area contributed by atoms with E-state index in [-0.39, 0.29) is 12.2 Å². The summed E-state index contributed by atoms with van der Waals surface area (Å²) in [6.07, 6.45) is 0.815. The molecule has 2 aromatic heterocycles. The Labute approximate surface area is 170 Å². The predicted octanol–water partition coefficient (Wildman–Crippen LogP) is 4.86. The quantitative estimate of drug-likeness (QED) is 0.562. The predicted molar refractivity (Wildman–Crippen MR) is 115 cm³/mol. The van der Waals surface area contributed by atoms with Crippen LogP contribution in [0, 0.1) is 20.8 Å². The summed E-state index contributed by atoms with van der Waals surface area (Å²) in [4.78, 5) is 25.8. The van der Waals surface area contributed by atoms with Crippen LogP contribution in [-0.2, 0) is 4.74 Å². The lowest BCUT2D eigenvalue weighted by Crippen LogP contribution is -2.25. The van der Waals surface area contributed by atoms with Crippen LogP contribution >= 0.6 is 0 Å². The minimum atomic E-state index is -0.639. The molecule has 0 unspecified atom stereocenters. The summed E-state index contributed by atoms with van der Waals surface area (Å²) in [6, 6.07) is 11.3. The molecule has 0 radical (unpaired) electrons. The number of ether oxygens (including phenoxy) is 2. The van der Waals surface area contributed by atoms with Crippen LogP contribution in [0.4, 0.5) is 0 Å². The number of nitrogens with zero attached hydrogens (tertiary/aromatic N) is 1. The average Bonchev–Trinajstić information content (AvgIpc) is 2.67. The van der Waals surface area contributed by atoms with Gasteiger partial charge in [0.2, 0.25) is 0 Å². The summed E-state index contributed by atoms with van der Waals surface area (Å²) in [5, 5.41) is 0. The Balaban J connectivity index is 2.40. The maximum Gasteiger partial charge on any atom is 0.343 e. The maximum absolute atomic E-state index is 13.4. The second-order valence-electron chi connectivity index (χ2n) is 7.20. The highest BCUT2D eigenvalue weighted by Gasteiger charge is 2.20. The summed E-state index contributed by atoms with van der Waals surface area (Å²) in [7, 11) is 0. The number of benzene rings is 1. The van der Waals surface area contributed by atoms with Crippen LogP contribution in [0.5, 0.6) is 5.75 Å². The Morgan fingerprint density at radius 1 is 1.03 bits per heavy atom. The molecule has 0 aliphatic carbocycles. The third-order valence-electron chi connectivity index (χ3n) is 4.84. The van der Waals surface area contributed by atoms with E-state index in [1.54, 1.807) is 11.3 Å². The molecule has 1 aromatic carbocycles. The summed E-state index contributed by atoms with van der Waals surface area (Å²) >= 11 is 0. The third kappa shape index (κ3) is 3.90. The molecular weight excluding hydrogens is 366 g/mol. The molecule has 0 N–H and O–H groups in total. The number of hydrogen-bond donors (Lipinski definition) is 0. The van der Waals surface area contributed by atoms with Crippen LogP contribution < -0.4 is 10.3 Å². The molecular formula is C24H27NO4. The van der Waals surface area contributed by atoms with Crippen molar-refractivity contribution in [3.63, 3.8) is 0 Å². The van der Waals surface area contributed by atoms with E-state index in [1.807, 2.05) is 39.0 Å². The first-order chi connectivity index (χ1) is 13.9. The molecule has 0 saturated heterocycles. The highest BCUT2D eigenvalue weighted by Crippen LogP contribution is 2.31. The number of esters is 1. The fraction of sp³-hybridized carbons (Fsp3) is 0.333. The SMILES string of the molecule is CCCOc1cc(C(=O)OCC)c(=O)n2c(-c3c(C)cc(C)cc3C)cccc12. The summed E-state index contributed by atoms with van der Waals surface area (Å²) < 4.78 is 12.6. The topological polar surface area (TPSA) is 57.0 Å². The van der Waals surface area contributed by atoms with Crippen molar-refractivity contribution in [2.45, 2.75) is 41.0 Å². The lowest BCUT2D eigenvalue weighted by molar-refractivity contribution is 0.0523. The Bertz CT molecular complexity index is 1100. The number of pyridine rings is 2. The van der Waals surface area contributed by atoms with E-state index in [0.717, 1.165) is 34.4 Å². The highest BCUT2D eigenvalue weighted by atomic mass is 16.5. The molecule has 3 rings (SSSR count). The van der Waals surface area contributed by atoms with E-state index < -0.39 is 11.5 Å². The lowest BCUT2D eigenvalue weighted by atomic mass is 9.96. The van der Waals surface area contributed by atoms with Gasteiger partial charge in [-0.2, -0.15) is 0 Å². The molecule has 29 heavy (non-hydrogen) atoms. The van der Waals surface area contributed by atoms with Gasteiger partial charge in [-0.1, -0.05) is 30.7 Å². The fourth-order valence-electron chi connectivity index (χ4n) is 3.77. The highest BCUT2D eigenvalue weighted by molar-refractivity contribution is 5.91.